The van der Waals surface area contributed by atoms with Crippen LogP contribution in [0.25, 0.3) is 0 Å². The van der Waals surface area contributed by atoms with Gasteiger partial charge in [0.2, 0.25) is 5.91 Å². The van der Waals surface area contributed by atoms with Gasteiger partial charge in [-0.2, -0.15) is 0 Å². The van der Waals surface area contributed by atoms with Gasteiger partial charge in [-0.3, -0.25) is 4.79 Å². The Labute approximate surface area is 111 Å². The number of benzene rings is 1. The van der Waals surface area contributed by atoms with Crippen molar-refractivity contribution in [1.82, 2.24) is 15.0 Å². The average Bonchev–Trinajstić information content (AvgIpc) is 2.89. The number of hydrogen-bond acceptors (Lipinski definition) is 4. The lowest BCUT2D eigenvalue weighted by Crippen LogP contribution is -2.24. The molecule has 6 heteroatoms. The van der Waals surface area contributed by atoms with Crippen molar-refractivity contribution < 1.29 is 4.79 Å². The Hall–Kier alpha value is -2.21. The number of carbonyl (C=O) groups excluding carboxylic acids is 1. The van der Waals surface area contributed by atoms with Gasteiger partial charge in [0.1, 0.15) is 6.04 Å². The molecule has 1 heterocycles. The number of carbonyl (C=O) groups is 1. The first-order chi connectivity index (χ1) is 9.10. The van der Waals surface area contributed by atoms with Gasteiger partial charge >= 0.3 is 0 Å². The average molecular weight is 259 g/mol. The molecule has 2 aromatic rings. The van der Waals surface area contributed by atoms with E-state index in [0.717, 1.165) is 11.3 Å². The van der Waals surface area contributed by atoms with Crippen LogP contribution in [0.5, 0.6) is 0 Å². The summed E-state index contributed by atoms with van der Waals surface area (Å²) >= 11 is 0. The zero-order valence-corrected chi connectivity index (χ0v) is 11.0. The third kappa shape index (κ3) is 3.17. The molecule has 0 radical (unpaired) electrons. The van der Waals surface area contributed by atoms with Crippen molar-refractivity contribution in [2.45, 2.75) is 26.4 Å². The molecule has 1 aromatic heterocycles. The highest BCUT2D eigenvalue weighted by molar-refractivity contribution is 5.93. The largest absolute Gasteiger partial charge is 0.325 e. The molecule has 6 nitrogen and oxygen atoms in total. The zero-order chi connectivity index (χ0) is 13.8. The molecule has 0 saturated heterocycles. The first-order valence-corrected chi connectivity index (χ1v) is 6.08. The Morgan fingerprint density at radius 2 is 2.11 bits per heavy atom. The third-order valence-corrected chi connectivity index (χ3v) is 2.86. The standard InChI is InChI=1S/C13H17N5O/c1-9-3-5-11(6-4-9)15-13(19)10(2)18-8-12(7-14)16-17-18/h3-6,8,10H,7,14H2,1-2H3,(H,15,19). The molecule has 0 saturated carbocycles. The maximum absolute atomic E-state index is 12.1. The smallest absolute Gasteiger partial charge is 0.249 e. The number of hydrogen-bond donors (Lipinski definition) is 2. The van der Waals surface area contributed by atoms with Crippen molar-refractivity contribution in [1.29, 1.82) is 0 Å². The summed E-state index contributed by atoms with van der Waals surface area (Å²) in [7, 11) is 0. The molecule has 1 aromatic carbocycles. The molecule has 1 amide bonds. The number of aromatic nitrogens is 3. The maximum atomic E-state index is 12.1. The van der Waals surface area contributed by atoms with Crippen LogP contribution < -0.4 is 11.1 Å². The lowest BCUT2D eigenvalue weighted by molar-refractivity contribution is -0.119. The van der Waals surface area contributed by atoms with Crippen molar-refractivity contribution in [2.75, 3.05) is 5.32 Å². The van der Waals surface area contributed by atoms with E-state index < -0.39 is 6.04 Å². The molecule has 1 atom stereocenters. The summed E-state index contributed by atoms with van der Waals surface area (Å²) in [5.41, 5.74) is 8.04. The Morgan fingerprint density at radius 3 is 2.68 bits per heavy atom. The molecule has 0 spiro atoms. The zero-order valence-electron chi connectivity index (χ0n) is 11.0. The Morgan fingerprint density at radius 1 is 1.42 bits per heavy atom. The first kappa shape index (κ1) is 13.2. The van der Waals surface area contributed by atoms with Crippen LogP contribution in [-0.4, -0.2) is 20.9 Å². The van der Waals surface area contributed by atoms with Gasteiger partial charge in [0.15, 0.2) is 0 Å². The van der Waals surface area contributed by atoms with Crippen LogP contribution >= 0.6 is 0 Å². The molecular formula is C13H17N5O. The van der Waals surface area contributed by atoms with Gasteiger partial charge in [-0.1, -0.05) is 22.9 Å². The van der Waals surface area contributed by atoms with Gasteiger partial charge in [-0.05, 0) is 26.0 Å². The molecule has 100 valence electrons. The molecule has 1 unspecified atom stereocenters. The normalized spacial score (nSPS) is 12.2. The van der Waals surface area contributed by atoms with Gasteiger partial charge in [0, 0.05) is 12.2 Å². The van der Waals surface area contributed by atoms with Crippen molar-refractivity contribution in [3.05, 3.63) is 41.7 Å². The maximum Gasteiger partial charge on any atom is 0.249 e. The minimum atomic E-state index is -0.436. The summed E-state index contributed by atoms with van der Waals surface area (Å²) < 4.78 is 1.51. The van der Waals surface area contributed by atoms with Crippen molar-refractivity contribution >= 4 is 11.6 Å². The number of rotatable bonds is 4. The summed E-state index contributed by atoms with van der Waals surface area (Å²) in [4.78, 5) is 12.1. The quantitative estimate of drug-likeness (QED) is 0.865. The van der Waals surface area contributed by atoms with Crippen LogP contribution in [0.15, 0.2) is 30.5 Å². The van der Waals surface area contributed by atoms with E-state index in [4.69, 9.17) is 5.73 Å². The highest BCUT2D eigenvalue weighted by atomic mass is 16.2. The molecule has 0 aliphatic rings. The van der Waals surface area contributed by atoms with E-state index in [1.807, 2.05) is 31.2 Å². The Kier molecular flexibility index (Phi) is 3.91. The molecule has 0 aliphatic heterocycles. The number of amides is 1. The van der Waals surface area contributed by atoms with Crippen LogP contribution in [0.3, 0.4) is 0 Å². The summed E-state index contributed by atoms with van der Waals surface area (Å²) in [5, 5.41) is 10.6. The van der Waals surface area contributed by atoms with Crippen LogP contribution in [-0.2, 0) is 11.3 Å². The molecule has 19 heavy (non-hydrogen) atoms. The molecule has 3 N–H and O–H groups in total. The first-order valence-electron chi connectivity index (χ1n) is 6.08. The minimum Gasteiger partial charge on any atom is -0.325 e. The highest BCUT2D eigenvalue weighted by Gasteiger charge is 2.16. The second-order valence-electron chi connectivity index (χ2n) is 4.43. The lowest BCUT2D eigenvalue weighted by Gasteiger charge is -2.12. The molecule has 2 rings (SSSR count). The fourth-order valence-electron chi connectivity index (χ4n) is 1.60. The number of aryl methyl sites for hydroxylation is 1. The Bertz CT molecular complexity index is 561. The minimum absolute atomic E-state index is 0.141. The molecular weight excluding hydrogens is 242 g/mol. The van der Waals surface area contributed by atoms with E-state index in [9.17, 15) is 4.79 Å². The second kappa shape index (κ2) is 5.62. The molecule has 0 fully saturated rings. The fraction of sp³-hybridized carbons (Fsp3) is 0.308. The van der Waals surface area contributed by atoms with Crippen LogP contribution in [0.4, 0.5) is 5.69 Å². The topological polar surface area (TPSA) is 85.8 Å². The summed E-state index contributed by atoms with van der Waals surface area (Å²) in [6, 6.07) is 7.19. The number of nitrogens with two attached hydrogens (primary N) is 1. The highest BCUT2D eigenvalue weighted by Crippen LogP contribution is 2.12. The lowest BCUT2D eigenvalue weighted by atomic mass is 10.2. The van der Waals surface area contributed by atoms with E-state index in [0.29, 0.717) is 12.2 Å². The van der Waals surface area contributed by atoms with Crippen LogP contribution in [0.1, 0.15) is 24.2 Å². The summed E-state index contributed by atoms with van der Waals surface area (Å²) in [5.74, 6) is -0.141. The van der Waals surface area contributed by atoms with E-state index in [1.165, 1.54) is 4.68 Å². The van der Waals surface area contributed by atoms with Gasteiger partial charge < -0.3 is 11.1 Å². The number of nitrogens with one attached hydrogen (secondary N) is 1. The fourth-order valence-corrected chi connectivity index (χ4v) is 1.60. The van der Waals surface area contributed by atoms with Gasteiger partial charge in [-0.15, -0.1) is 5.10 Å². The van der Waals surface area contributed by atoms with Crippen LogP contribution in [0, 0.1) is 6.92 Å². The summed E-state index contributed by atoms with van der Waals surface area (Å²) in [6.07, 6.45) is 1.68. The third-order valence-electron chi connectivity index (χ3n) is 2.86. The SMILES string of the molecule is Cc1ccc(NC(=O)C(C)n2cc(CN)nn2)cc1. The monoisotopic (exact) mass is 259 g/mol. The second-order valence-corrected chi connectivity index (χ2v) is 4.43. The Balaban J connectivity index is 2.04. The van der Waals surface area contributed by atoms with Gasteiger partial charge in [0.05, 0.1) is 11.9 Å². The van der Waals surface area contributed by atoms with E-state index >= 15 is 0 Å². The predicted octanol–water partition coefficient (Wildman–Crippen LogP) is 1.24. The molecule has 0 aliphatic carbocycles. The van der Waals surface area contributed by atoms with Gasteiger partial charge in [-0.25, -0.2) is 4.68 Å². The molecule has 0 bridgehead atoms. The van der Waals surface area contributed by atoms with Gasteiger partial charge in [0.25, 0.3) is 0 Å². The van der Waals surface area contributed by atoms with Crippen molar-refractivity contribution in [3.63, 3.8) is 0 Å². The van der Waals surface area contributed by atoms with E-state index in [1.54, 1.807) is 13.1 Å². The van der Waals surface area contributed by atoms with E-state index in [-0.39, 0.29) is 5.91 Å². The predicted molar refractivity (Wildman–Crippen MR) is 72.4 cm³/mol. The number of anilines is 1. The number of nitrogens with zero attached hydrogens (tertiary/aromatic N) is 3. The van der Waals surface area contributed by atoms with E-state index in [2.05, 4.69) is 15.6 Å². The van der Waals surface area contributed by atoms with Crippen molar-refractivity contribution in [3.8, 4) is 0 Å². The van der Waals surface area contributed by atoms with Crippen molar-refractivity contribution in [2.24, 2.45) is 5.73 Å². The summed E-state index contributed by atoms with van der Waals surface area (Å²) in [6.45, 7) is 4.07. The van der Waals surface area contributed by atoms with Crippen LogP contribution in [0.2, 0.25) is 0 Å².